The molecule has 0 fully saturated rings. The molecule has 0 bridgehead atoms. The quantitative estimate of drug-likeness (QED) is 0.248. The van der Waals surface area contributed by atoms with E-state index in [0.717, 1.165) is 67.5 Å². The summed E-state index contributed by atoms with van der Waals surface area (Å²) < 4.78 is 23.8. The van der Waals surface area contributed by atoms with Gasteiger partial charge in [-0.05, 0) is 47.5 Å². The van der Waals surface area contributed by atoms with Gasteiger partial charge in [0, 0.05) is 33.4 Å². The number of para-hydroxylation sites is 2. The maximum atomic E-state index is 6.57. The molecule has 0 atom stereocenters. The van der Waals surface area contributed by atoms with Crippen molar-refractivity contribution in [1.82, 2.24) is 0 Å². The number of hydrogen-bond acceptors (Lipinski definition) is 4. The molecule has 2 aliphatic heterocycles. The third kappa shape index (κ3) is 2.78. The molecular formula is C33H20O4. The monoisotopic (exact) mass is 480 g/mol. The Balaban J connectivity index is 1.47. The number of benzene rings is 4. The lowest BCUT2D eigenvalue weighted by atomic mass is 9.62. The second kappa shape index (κ2) is 7.52. The van der Waals surface area contributed by atoms with Gasteiger partial charge in [-0.1, -0.05) is 60.7 Å². The molecule has 0 unspecified atom stereocenters. The van der Waals surface area contributed by atoms with Gasteiger partial charge in [0.2, 0.25) is 0 Å². The van der Waals surface area contributed by atoms with E-state index in [4.69, 9.17) is 18.3 Å². The van der Waals surface area contributed by atoms with Gasteiger partial charge in [-0.15, -0.1) is 0 Å². The second-order valence-corrected chi connectivity index (χ2v) is 9.39. The molecule has 0 saturated heterocycles. The van der Waals surface area contributed by atoms with E-state index in [2.05, 4.69) is 60.7 Å². The Morgan fingerprint density at radius 3 is 1.32 bits per heavy atom. The van der Waals surface area contributed by atoms with Crippen LogP contribution in [-0.4, -0.2) is 0 Å². The van der Waals surface area contributed by atoms with E-state index in [9.17, 15) is 0 Å². The fourth-order valence-electron chi connectivity index (χ4n) is 5.89. The van der Waals surface area contributed by atoms with E-state index in [1.807, 2.05) is 36.4 Å². The molecule has 4 aromatic carbocycles. The Bertz CT molecular complexity index is 1640. The highest BCUT2D eigenvalue weighted by atomic mass is 16.5. The van der Waals surface area contributed by atoms with Crippen LogP contribution in [0.3, 0.4) is 0 Å². The minimum atomic E-state index is -0.613. The van der Waals surface area contributed by atoms with Crippen LogP contribution in [0, 0.1) is 0 Å². The first-order chi connectivity index (χ1) is 18.3. The van der Waals surface area contributed by atoms with E-state index in [-0.39, 0.29) is 0 Å². The minimum Gasteiger partial charge on any atom is -0.472 e. The molecule has 1 spiro atoms. The van der Waals surface area contributed by atoms with Gasteiger partial charge in [0.15, 0.2) is 0 Å². The summed E-state index contributed by atoms with van der Waals surface area (Å²) in [6, 6.07) is 33.4. The van der Waals surface area contributed by atoms with Gasteiger partial charge in [0.25, 0.3) is 0 Å². The zero-order valence-electron chi connectivity index (χ0n) is 19.7. The lowest BCUT2D eigenvalue weighted by molar-refractivity contribution is 0.399. The van der Waals surface area contributed by atoms with Crippen molar-refractivity contribution >= 4 is 0 Å². The zero-order valence-corrected chi connectivity index (χ0v) is 19.7. The summed E-state index contributed by atoms with van der Waals surface area (Å²) in [4.78, 5) is 0. The highest BCUT2D eigenvalue weighted by Crippen LogP contribution is 2.61. The third-order valence-corrected chi connectivity index (χ3v) is 7.50. The van der Waals surface area contributed by atoms with Crippen molar-refractivity contribution in [2.24, 2.45) is 0 Å². The van der Waals surface area contributed by atoms with Gasteiger partial charge < -0.3 is 18.3 Å². The van der Waals surface area contributed by atoms with Crippen molar-refractivity contribution in [1.29, 1.82) is 0 Å². The normalized spacial score (nSPS) is 14.1. The minimum absolute atomic E-state index is 0.613. The van der Waals surface area contributed by atoms with E-state index in [1.54, 1.807) is 25.1 Å². The Kier molecular flexibility index (Phi) is 4.12. The molecule has 2 aliphatic rings. The summed E-state index contributed by atoms with van der Waals surface area (Å²) in [6.45, 7) is 0. The summed E-state index contributed by atoms with van der Waals surface area (Å²) in [5.41, 5.74) is 7.82. The van der Waals surface area contributed by atoms with E-state index >= 15 is 0 Å². The third-order valence-electron chi connectivity index (χ3n) is 7.50. The van der Waals surface area contributed by atoms with Crippen LogP contribution < -0.4 is 9.47 Å². The molecule has 8 rings (SSSR count). The first-order valence-corrected chi connectivity index (χ1v) is 12.2. The first-order valence-electron chi connectivity index (χ1n) is 12.2. The Hall–Kier alpha value is -4.96. The van der Waals surface area contributed by atoms with Crippen LogP contribution in [0.2, 0.25) is 0 Å². The molecule has 0 radical (unpaired) electrons. The van der Waals surface area contributed by atoms with Crippen molar-refractivity contribution < 1.29 is 18.3 Å². The van der Waals surface area contributed by atoms with Crippen molar-refractivity contribution in [3.8, 4) is 45.3 Å². The van der Waals surface area contributed by atoms with Crippen molar-refractivity contribution in [3.05, 3.63) is 144 Å². The summed E-state index contributed by atoms with van der Waals surface area (Å²) in [7, 11) is 0. The molecule has 6 aromatic rings. The lowest BCUT2D eigenvalue weighted by Gasteiger charge is -2.45. The van der Waals surface area contributed by atoms with Gasteiger partial charge in [-0.3, -0.25) is 0 Å². The molecule has 37 heavy (non-hydrogen) atoms. The summed E-state index contributed by atoms with van der Waals surface area (Å²) >= 11 is 0. The highest BCUT2D eigenvalue weighted by Gasteiger charge is 2.50. The van der Waals surface area contributed by atoms with Gasteiger partial charge >= 0.3 is 0 Å². The van der Waals surface area contributed by atoms with E-state index in [0.29, 0.717) is 0 Å². The van der Waals surface area contributed by atoms with Crippen LogP contribution in [0.25, 0.3) is 22.3 Å². The standard InChI is InChI=1S/C33H20O4/c1-3-7-29-25(5-1)33(27-11-9-21(17-31(27)36-29)23-13-15-34-19-23)26-6-2-4-8-30(26)37-32-18-22(10-12-28(32)33)24-14-16-35-20-24/h1-20H. The molecule has 2 aromatic heterocycles. The summed E-state index contributed by atoms with van der Waals surface area (Å²) in [5, 5.41) is 0. The zero-order chi connectivity index (χ0) is 24.4. The molecule has 0 amide bonds. The SMILES string of the molecule is c1ccc2c(c1)Oc1cc(-c3ccoc3)ccc1C21c2ccccc2Oc2cc(-c3ccoc3)ccc21. The van der Waals surface area contributed by atoms with Gasteiger partial charge in [0.05, 0.1) is 30.5 Å². The summed E-state index contributed by atoms with van der Waals surface area (Å²) in [5.74, 6) is 3.31. The molecule has 0 saturated carbocycles. The molecule has 4 heterocycles. The van der Waals surface area contributed by atoms with Crippen LogP contribution >= 0.6 is 0 Å². The average molecular weight is 481 g/mol. The molecule has 0 aliphatic carbocycles. The predicted molar refractivity (Wildman–Crippen MR) is 140 cm³/mol. The maximum Gasteiger partial charge on any atom is 0.132 e. The van der Waals surface area contributed by atoms with Crippen LogP contribution in [0.15, 0.2) is 131 Å². The van der Waals surface area contributed by atoms with Crippen LogP contribution in [0.4, 0.5) is 0 Å². The topological polar surface area (TPSA) is 44.7 Å². The van der Waals surface area contributed by atoms with Crippen LogP contribution in [0.5, 0.6) is 23.0 Å². The van der Waals surface area contributed by atoms with Crippen molar-refractivity contribution in [2.75, 3.05) is 0 Å². The predicted octanol–water partition coefficient (Wildman–Crippen LogP) is 8.80. The molecule has 4 heteroatoms. The fourth-order valence-corrected chi connectivity index (χ4v) is 5.89. The number of hydrogen-bond donors (Lipinski definition) is 0. The van der Waals surface area contributed by atoms with Crippen molar-refractivity contribution in [3.63, 3.8) is 0 Å². The number of furan rings is 2. The Labute approximate surface area is 213 Å². The molecule has 4 nitrogen and oxygen atoms in total. The van der Waals surface area contributed by atoms with Gasteiger partial charge in [0.1, 0.15) is 23.0 Å². The number of rotatable bonds is 2. The average Bonchev–Trinajstić information content (AvgIpc) is 3.68. The Morgan fingerprint density at radius 2 is 0.865 bits per heavy atom. The maximum absolute atomic E-state index is 6.57. The number of ether oxygens (including phenoxy) is 2. The largest absolute Gasteiger partial charge is 0.472 e. The van der Waals surface area contributed by atoms with Crippen LogP contribution in [-0.2, 0) is 5.41 Å². The molecule has 176 valence electrons. The highest BCUT2D eigenvalue weighted by molar-refractivity contribution is 5.79. The fraction of sp³-hybridized carbons (Fsp3) is 0.0303. The van der Waals surface area contributed by atoms with Crippen LogP contribution in [0.1, 0.15) is 22.3 Å². The van der Waals surface area contributed by atoms with Crippen molar-refractivity contribution in [2.45, 2.75) is 5.41 Å². The van der Waals surface area contributed by atoms with E-state index in [1.165, 1.54) is 0 Å². The Morgan fingerprint density at radius 1 is 0.405 bits per heavy atom. The molecular weight excluding hydrogens is 460 g/mol. The second-order valence-electron chi connectivity index (χ2n) is 9.39. The molecule has 0 N–H and O–H groups in total. The van der Waals surface area contributed by atoms with Gasteiger partial charge in [-0.2, -0.15) is 0 Å². The first kappa shape index (κ1) is 20.3. The smallest absolute Gasteiger partial charge is 0.132 e. The summed E-state index contributed by atoms with van der Waals surface area (Å²) in [6.07, 6.45) is 6.89. The number of fused-ring (bicyclic) bond motifs is 8. The van der Waals surface area contributed by atoms with E-state index < -0.39 is 5.41 Å². The van der Waals surface area contributed by atoms with Gasteiger partial charge in [-0.25, -0.2) is 0 Å². The lowest BCUT2D eigenvalue weighted by Crippen LogP contribution is -2.36.